The van der Waals surface area contributed by atoms with Gasteiger partial charge >= 0.3 is 0 Å². The van der Waals surface area contributed by atoms with Crippen LogP contribution in [0.5, 0.6) is 5.75 Å². The van der Waals surface area contributed by atoms with Crippen molar-refractivity contribution in [1.82, 2.24) is 9.88 Å². The molecular formula is C31H33F2N3OS. The van der Waals surface area contributed by atoms with Crippen molar-refractivity contribution in [3.63, 3.8) is 0 Å². The van der Waals surface area contributed by atoms with E-state index in [-0.39, 0.29) is 0 Å². The number of hydrogen-bond acceptors (Lipinski definition) is 5. The number of nitrogens with zero attached hydrogens (tertiary/aromatic N) is 2. The van der Waals surface area contributed by atoms with Crippen LogP contribution in [-0.4, -0.2) is 30.1 Å². The van der Waals surface area contributed by atoms with Crippen LogP contribution in [-0.2, 0) is 6.54 Å². The molecule has 1 aliphatic rings. The van der Waals surface area contributed by atoms with Gasteiger partial charge in [-0.1, -0.05) is 31.9 Å². The lowest BCUT2D eigenvalue weighted by Gasteiger charge is -2.37. The van der Waals surface area contributed by atoms with E-state index in [4.69, 9.17) is 4.74 Å². The number of thiophene rings is 1. The smallest absolute Gasteiger partial charge is 0.141 e. The van der Waals surface area contributed by atoms with Crippen molar-refractivity contribution < 1.29 is 13.5 Å². The van der Waals surface area contributed by atoms with Crippen LogP contribution in [0.1, 0.15) is 48.1 Å². The average Bonchev–Trinajstić information content (AvgIpc) is 3.32. The summed E-state index contributed by atoms with van der Waals surface area (Å²) in [6.45, 7) is 6.96. The van der Waals surface area contributed by atoms with Gasteiger partial charge in [-0.15, -0.1) is 11.3 Å². The number of aromatic nitrogens is 1. The lowest BCUT2D eigenvalue weighted by Crippen LogP contribution is -2.34. The third-order valence-corrected chi connectivity index (χ3v) is 8.92. The van der Waals surface area contributed by atoms with E-state index in [0.29, 0.717) is 22.7 Å². The van der Waals surface area contributed by atoms with Crippen molar-refractivity contribution in [2.75, 3.05) is 19.5 Å². The highest BCUT2D eigenvalue weighted by atomic mass is 32.1. The molecule has 198 valence electrons. The molecule has 0 aliphatic heterocycles. The zero-order valence-electron chi connectivity index (χ0n) is 22.1. The number of nitrogens with one attached hydrogen (secondary N) is 1. The molecular weight excluding hydrogens is 500 g/mol. The highest BCUT2D eigenvalue weighted by Gasteiger charge is 2.27. The lowest BCUT2D eigenvalue weighted by molar-refractivity contribution is 0.223. The van der Waals surface area contributed by atoms with E-state index in [1.165, 1.54) is 29.9 Å². The molecule has 7 heteroatoms. The fourth-order valence-electron chi connectivity index (χ4n) is 5.53. The molecule has 0 saturated heterocycles. The minimum atomic E-state index is -0.398. The first-order valence-electron chi connectivity index (χ1n) is 13.1. The predicted molar refractivity (Wildman–Crippen MR) is 154 cm³/mol. The molecule has 0 atom stereocenters. The molecule has 0 unspecified atom stereocenters. The summed E-state index contributed by atoms with van der Waals surface area (Å²) in [6.07, 6.45) is 7.45. The second-order valence-electron chi connectivity index (χ2n) is 9.86. The van der Waals surface area contributed by atoms with Crippen LogP contribution in [0.3, 0.4) is 0 Å². The number of benzene rings is 2. The minimum absolute atomic E-state index is 0.292. The van der Waals surface area contributed by atoms with Gasteiger partial charge < -0.3 is 15.0 Å². The number of aryl methyl sites for hydroxylation is 1. The average molecular weight is 534 g/mol. The Morgan fingerprint density at radius 3 is 2.53 bits per heavy atom. The van der Waals surface area contributed by atoms with E-state index in [0.717, 1.165) is 70.1 Å². The number of methoxy groups -OCH3 is 1. The minimum Gasteiger partial charge on any atom is -0.496 e. The number of rotatable bonds is 8. The normalized spacial score (nSPS) is 14.0. The lowest BCUT2D eigenvalue weighted by atomic mass is 9.92. The van der Waals surface area contributed by atoms with E-state index in [2.05, 4.69) is 33.9 Å². The van der Waals surface area contributed by atoms with Gasteiger partial charge in [0.05, 0.1) is 16.7 Å². The molecule has 0 spiro atoms. The number of hydrogen-bond donors (Lipinski definition) is 1. The first-order valence-corrected chi connectivity index (χ1v) is 13.9. The number of halogens is 2. The molecule has 4 aromatic rings. The molecule has 0 amide bonds. The van der Waals surface area contributed by atoms with E-state index in [1.807, 2.05) is 32.2 Å². The Balaban J connectivity index is 1.56. The summed E-state index contributed by atoms with van der Waals surface area (Å²) in [4.78, 5) is 7.50. The largest absolute Gasteiger partial charge is 0.496 e. The van der Waals surface area contributed by atoms with Crippen molar-refractivity contribution in [3.8, 4) is 16.9 Å². The first kappa shape index (κ1) is 26.2. The topological polar surface area (TPSA) is 37.4 Å². The molecule has 1 saturated carbocycles. The number of pyridine rings is 1. The molecule has 38 heavy (non-hydrogen) atoms. The van der Waals surface area contributed by atoms with E-state index in [1.54, 1.807) is 13.3 Å². The van der Waals surface area contributed by atoms with Crippen molar-refractivity contribution in [3.05, 3.63) is 82.9 Å². The van der Waals surface area contributed by atoms with Crippen LogP contribution >= 0.6 is 11.3 Å². The summed E-state index contributed by atoms with van der Waals surface area (Å²) >= 11 is 1.29. The van der Waals surface area contributed by atoms with Crippen LogP contribution in [0.25, 0.3) is 26.9 Å². The van der Waals surface area contributed by atoms with Crippen LogP contribution in [0.2, 0.25) is 0 Å². The predicted octanol–water partition coefficient (Wildman–Crippen LogP) is 8.41. The summed E-state index contributed by atoms with van der Waals surface area (Å²) in [6, 6.07) is 12.9. The summed E-state index contributed by atoms with van der Waals surface area (Å²) in [5.74, 6) is 0.809. The maximum absolute atomic E-state index is 14.7. The van der Waals surface area contributed by atoms with Crippen LogP contribution in [0.15, 0.2) is 55.2 Å². The van der Waals surface area contributed by atoms with Crippen LogP contribution in [0, 0.1) is 18.6 Å². The first-order chi connectivity index (χ1) is 18.4. The second kappa shape index (κ2) is 11.1. The second-order valence-corrected chi connectivity index (χ2v) is 10.9. The molecule has 1 fully saturated rings. The molecule has 2 heterocycles. The van der Waals surface area contributed by atoms with Crippen molar-refractivity contribution in [2.24, 2.45) is 0 Å². The van der Waals surface area contributed by atoms with Gasteiger partial charge in [0.25, 0.3) is 0 Å². The summed E-state index contributed by atoms with van der Waals surface area (Å²) in [5, 5.41) is 3.45. The molecule has 4 nitrogen and oxygen atoms in total. The molecule has 0 radical (unpaired) electrons. The Labute approximate surface area is 227 Å². The Morgan fingerprint density at radius 2 is 1.82 bits per heavy atom. The highest BCUT2D eigenvalue weighted by molar-refractivity contribution is 7.20. The number of anilines is 1. The van der Waals surface area contributed by atoms with Gasteiger partial charge in [0.15, 0.2) is 0 Å². The van der Waals surface area contributed by atoms with E-state index in [9.17, 15) is 8.78 Å². The number of ether oxygens (including phenoxy) is 1. The van der Waals surface area contributed by atoms with Crippen LogP contribution in [0.4, 0.5) is 14.6 Å². The van der Waals surface area contributed by atoms with E-state index < -0.39 is 11.6 Å². The molecule has 1 aliphatic carbocycles. The molecule has 2 aromatic carbocycles. The monoisotopic (exact) mass is 533 g/mol. The Morgan fingerprint density at radius 1 is 1.08 bits per heavy atom. The van der Waals surface area contributed by atoms with Gasteiger partial charge in [0, 0.05) is 42.5 Å². The number of fused-ring (bicyclic) bond motifs is 1. The van der Waals surface area contributed by atoms with Gasteiger partial charge in [0.2, 0.25) is 0 Å². The fourth-order valence-corrected chi connectivity index (χ4v) is 6.74. The van der Waals surface area contributed by atoms with Gasteiger partial charge in [-0.05, 0) is 72.9 Å². The Bertz CT molecular complexity index is 1480. The Kier molecular flexibility index (Phi) is 7.65. The molecule has 2 aromatic heterocycles. The Hall–Kier alpha value is -3.45. The highest BCUT2D eigenvalue weighted by Crippen LogP contribution is 2.41. The van der Waals surface area contributed by atoms with Crippen molar-refractivity contribution >= 4 is 32.9 Å². The third-order valence-electron chi connectivity index (χ3n) is 7.57. The van der Waals surface area contributed by atoms with Crippen molar-refractivity contribution in [2.45, 2.75) is 51.6 Å². The SMILES string of the molecule is C=C(c1sc2c(F)ccc(F)c2c1C)N(Cc1cc(-c2ccnc(NC)c2)ccc1OC)C1CCCCC1. The molecule has 0 bridgehead atoms. The van der Waals surface area contributed by atoms with Gasteiger partial charge in [0.1, 0.15) is 23.2 Å². The summed E-state index contributed by atoms with van der Waals surface area (Å²) in [7, 11) is 3.54. The summed E-state index contributed by atoms with van der Waals surface area (Å²) < 4.78 is 35.5. The summed E-state index contributed by atoms with van der Waals surface area (Å²) in [5.41, 5.74) is 4.71. The maximum atomic E-state index is 14.7. The van der Waals surface area contributed by atoms with Crippen molar-refractivity contribution in [1.29, 1.82) is 0 Å². The fraction of sp³-hybridized carbons (Fsp3) is 0.323. The van der Waals surface area contributed by atoms with Gasteiger partial charge in [-0.2, -0.15) is 0 Å². The van der Waals surface area contributed by atoms with E-state index >= 15 is 0 Å². The van der Waals surface area contributed by atoms with Gasteiger partial charge in [-0.3, -0.25) is 0 Å². The molecule has 5 rings (SSSR count). The zero-order valence-corrected chi connectivity index (χ0v) is 22.9. The van der Waals surface area contributed by atoms with Crippen LogP contribution < -0.4 is 10.1 Å². The quantitative estimate of drug-likeness (QED) is 0.247. The molecule has 1 N–H and O–H groups in total. The maximum Gasteiger partial charge on any atom is 0.141 e. The third kappa shape index (κ3) is 4.99. The standard InChI is InChI=1S/C31H33F2N3OS/c1-19-29-25(32)11-12-26(33)31(29)38-30(19)20(2)36(24-8-6-5-7-9-24)18-23-16-21(10-13-27(23)37-4)22-14-15-35-28(17-22)34-3/h10-17,24H,2,5-9,18H2,1,3-4H3,(H,34,35). The van der Waals surface area contributed by atoms with Gasteiger partial charge in [-0.25, -0.2) is 13.8 Å². The zero-order chi connectivity index (χ0) is 26.8.